The molecule has 4 aromatic rings. The lowest BCUT2D eigenvalue weighted by Gasteiger charge is -2.34. The van der Waals surface area contributed by atoms with Crippen molar-refractivity contribution in [3.05, 3.63) is 84.1 Å². The zero-order chi connectivity index (χ0) is 21.2. The van der Waals surface area contributed by atoms with Crippen LogP contribution in [0.1, 0.15) is 16.8 Å². The van der Waals surface area contributed by atoms with E-state index in [9.17, 15) is 4.79 Å². The number of imidazole rings is 1. The first-order valence-electron chi connectivity index (χ1n) is 10.7. The first-order valence-corrected chi connectivity index (χ1v) is 10.7. The molecule has 1 fully saturated rings. The first-order chi connectivity index (χ1) is 15.2. The molecule has 1 aliphatic rings. The normalized spacial score (nSPS) is 14.9. The van der Waals surface area contributed by atoms with Crippen LogP contribution in [-0.2, 0) is 17.8 Å². The average molecular weight is 415 g/mol. The number of piperazine rings is 1. The van der Waals surface area contributed by atoms with E-state index < -0.39 is 0 Å². The summed E-state index contributed by atoms with van der Waals surface area (Å²) in [6.45, 7) is 6.12. The zero-order valence-corrected chi connectivity index (χ0v) is 17.7. The third-order valence-electron chi connectivity index (χ3n) is 5.85. The predicted octanol–water partition coefficient (Wildman–Crippen LogP) is 2.72. The topological polar surface area (TPSA) is 58.7 Å². The van der Waals surface area contributed by atoms with Crippen LogP contribution in [0.2, 0.25) is 0 Å². The number of benzene rings is 1. The minimum atomic E-state index is 0.151. The smallest absolute Gasteiger partial charge is 0.228 e. The molecule has 0 aliphatic carbocycles. The van der Waals surface area contributed by atoms with Crippen molar-refractivity contribution in [2.45, 2.75) is 19.9 Å². The molecule has 31 heavy (non-hydrogen) atoms. The number of amides is 1. The average Bonchev–Trinajstić information content (AvgIpc) is 3.42. The number of para-hydroxylation sites is 1. The minimum absolute atomic E-state index is 0.151. The zero-order valence-electron chi connectivity index (χ0n) is 17.7. The Bertz CT molecular complexity index is 1190. The number of hydrogen-bond donors (Lipinski definition) is 0. The number of fused-ring (bicyclic) bond motifs is 1. The molecule has 158 valence electrons. The highest BCUT2D eigenvalue weighted by Crippen LogP contribution is 2.14. The summed E-state index contributed by atoms with van der Waals surface area (Å²) in [6, 6.07) is 14.2. The first kappa shape index (κ1) is 19.5. The van der Waals surface area contributed by atoms with Crippen LogP contribution in [0, 0.1) is 6.92 Å². The second kappa shape index (κ2) is 8.35. The number of pyridine rings is 1. The lowest BCUT2D eigenvalue weighted by molar-refractivity contribution is -0.132. The molecule has 1 saturated heterocycles. The number of aryl methyl sites for hydroxylation is 1. The van der Waals surface area contributed by atoms with Crippen molar-refractivity contribution < 1.29 is 4.79 Å². The van der Waals surface area contributed by atoms with Crippen molar-refractivity contribution in [3.63, 3.8) is 0 Å². The third kappa shape index (κ3) is 4.22. The summed E-state index contributed by atoms with van der Waals surface area (Å²) >= 11 is 0. The largest absolute Gasteiger partial charge is 0.340 e. The summed E-state index contributed by atoms with van der Waals surface area (Å²) in [7, 11) is 0. The molecule has 0 bridgehead atoms. The number of hydrogen-bond acceptors (Lipinski definition) is 4. The number of aromatic nitrogens is 4. The second-order valence-electron chi connectivity index (χ2n) is 8.12. The molecule has 1 aromatic carbocycles. The summed E-state index contributed by atoms with van der Waals surface area (Å²) < 4.78 is 3.90. The van der Waals surface area contributed by atoms with Crippen LogP contribution < -0.4 is 0 Å². The number of carbonyl (C=O) groups excluding carboxylic acids is 1. The predicted molar refractivity (Wildman–Crippen MR) is 119 cm³/mol. The van der Waals surface area contributed by atoms with Gasteiger partial charge in [0.1, 0.15) is 5.65 Å². The molecule has 0 saturated carbocycles. The molecular formula is C24H26N6O. The van der Waals surface area contributed by atoms with Gasteiger partial charge in [0.05, 0.1) is 24.0 Å². The van der Waals surface area contributed by atoms with Gasteiger partial charge in [0, 0.05) is 56.9 Å². The van der Waals surface area contributed by atoms with E-state index in [0.29, 0.717) is 6.42 Å². The van der Waals surface area contributed by atoms with Crippen molar-refractivity contribution in [1.82, 2.24) is 29.0 Å². The van der Waals surface area contributed by atoms with E-state index in [4.69, 9.17) is 0 Å². The van der Waals surface area contributed by atoms with Crippen LogP contribution in [0.3, 0.4) is 0 Å². The van der Waals surface area contributed by atoms with Crippen molar-refractivity contribution in [2.75, 3.05) is 26.2 Å². The van der Waals surface area contributed by atoms with Gasteiger partial charge in [-0.1, -0.05) is 24.3 Å². The summed E-state index contributed by atoms with van der Waals surface area (Å²) in [5.74, 6) is 0.151. The Morgan fingerprint density at radius 2 is 1.81 bits per heavy atom. The fourth-order valence-electron chi connectivity index (χ4n) is 4.13. The number of nitrogens with zero attached hydrogens (tertiary/aromatic N) is 6. The van der Waals surface area contributed by atoms with Gasteiger partial charge in [0.15, 0.2) is 0 Å². The van der Waals surface area contributed by atoms with Gasteiger partial charge < -0.3 is 9.30 Å². The molecule has 0 N–H and O–H groups in total. The second-order valence-corrected chi connectivity index (χ2v) is 8.12. The highest BCUT2D eigenvalue weighted by molar-refractivity contribution is 5.78. The number of carbonyl (C=O) groups is 1. The maximum absolute atomic E-state index is 12.8. The van der Waals surface area contributed by atoms with Gasteiger partial charge in [-0.2, -0.15) is 5.10 Å². The summed E-state index contributed by atoms with van der Waals surface area (Å²) in [6.07, 6.45) is 8.29. The van der Waals surface area contributed by atoms with Crippen LogP contribution in [0.15, 0.2) is 67.3 Å². The maximum atomic E-state index is 12.8. The van der Waals surface area contributed by atoms with E-state index in [2.05, 4.69) is 21.2 Å². The highest BCUT2D eigenvalue weighted by Gasteiger charge is 2.22. The fourth-order valence-corrected chi connectivity index (χ4v) is 4.13. The summed E-state index contributed by atoms with van der Waals surface area (Å²) in [5, 5.41) is 4.48. The van der Waals surface area contributed by atoms with Gasteiger partial charge in [-0.3, -0.25) is 9.69 Å². The van der Waals surface area contributed by atoms with Crippen LogP contribution in [0.4, 0.5) is 0 Å². The molecular weight excluding hydrogens is 388 g/mol. The van der Waals surface area contributed by atoms with Gasteiger partial charge in [0.2, 0.25) is 5.91 Å². The van der Waals surface area contributed by atoms with Crippen molar-refractivity contribution in [1.29, 1.82) is 0 Å². The SMILES string of the molecule is Cc1cccn2cc(CC(=O)N3CCN(Cc4cnn(-c5ccccc5)c4)CC3)nc12. The molecule has 7 heteroatoms. The third-order valence-corrected chi connectivity index (χ3v) is 5.85. The van der Waals surface area contributed by atoms with E-state index in [1.54, 1.807) is 0 Å². The molecule has 1 aliphatic heterocycles. The highest BCUT2D eigenvalue weighted by atomic mass is 16.2. The number of rotatable bonds is 5. The Kier molecular flexibility index (Phi) is 5.26. The van der Waals surface area contributed by atoms with Gasteiger partial charge in [-0.05, 0) is 30.7 Å². The molecule has 7 nitrogen and oxygen atoms in total. The quantitative estimate of drug-likeness (QED) is 0.504. The molecule has 3 aromatic heterocycles. The van der Waals surface area contributed by atoms with Gasteiger partial charge in [0.25, 0.3) is 0 Å². The Balaban J connectivity index is 1.15. The Labute approximate surface area is 181 Å². The molecule has 0 radical (unpaired) electrons. The van der Waals surface area contributed by atoms with Crippen molar-refractivity contribution in [2.24, 2.45) is 0 Å². The van der Waals surface area contributed by atoms with E-state index in [-0.39, 0.29) is 5.91 Å². The molecule has 0 atom stereocenters. The Hall–Kier alpha value is -3.45. The van der Waals surface area contributed by atoms with Crippen LogP contribution >= 0.6 is 0 Å². The van der Waals surface area contributed by atoms with Crippen LogP contribution in [0.5, 0.6) is 0 Å². The van der Waals surface area contributed by atoms with E-state index in [1.165, 1.54) is 5.56 Å². The molecule has 4 heterocycles. The van der Waals surface area contributed by atoms with Crippen molar-refractivity contribution >= 4 is 11.6 Å². The van der Waals surface area contributed by atoms with E-state index in [1.807, 2.05) is 82.0 Å². The molecule has 0 spiro atoms. The van der Waals surface area contributed by atoms with Crippen LogP contribution in [0.25, 0.3) is 11.3 Å². The molecule has 0 unspecified atom stereocenters. The Morgan fingerprint density at radius 1 is 1.00 bits per heavy atom. The van der Waals surface area contributed by atoms with Crippen LogP contribution in [-0.4, -0.2) is 61.1 Å². The van der Waals surface area contributed by atoms with E-state index in [0.717, 1.165) is 55.3 Å². The lowest BCUT2D eigenvalue weighted by atomic mass is 10.2. The standard InChI is InChI=1S/C24H26N6O/c1-19-6-5-9-29-18-21(26-24(19)29)14-23(31)28-12-10-27(11-13-28)16-20-15-25-30(17-20)22-7-3-2-4-8-22/h2-9,15,17-18H,10-14,16H2,1H3. The lowest BCUT2D eigenvalue weighted by Crippen LogP contribution is -2.48. The maximum Gasteiger partial charge on any atom is 0.228 e. The molecule has 5 rings (SSSR count). The fraction of sp³-hybridized carbons (Fsp3) is 0.292. The molecule has 1 amide bonds. The van der Waals surface area contributed by atoms with Gasteiger partial charge >= 0.3 is 0 Å². The van der Waals surface area contributed by atoms with E-state index >= 15 is 0 Å². The van der Waals surface area contributed by atoms with Crippen molar-refractivity contribution in [3.8, 4) is 5.69 Å². The monoisotopic (exact) mass is 414 g/mol. The van der Waals surface area contributed by atoms with Gasteiger partial charge in [-0.15, -0.1) is 0 Å². The van der Waals surface area contributed by atoms with Gasteiger partial charge in [-0.25, -0.2) is 9.67 Å². The Morgan fingerprint density at radius 3 is 2.58 bits per heavy atom. The summed E-state index contributed by atoms with van der Waals surface area (Å²) in [5.41, 5.74) is 5.11. The minimum Gasteiger partial charge on any atom is -0.340 e. The summed E-state index contributed by atoms with van der Waals surface area (Å²) in [4.78, 5) is 21.8.